The molecule has 0 atom stereocenters. The van der Waals surface area contributed by atoms with E-state index in [0.717, 1.165) is 0 Å². The Balaban J connectivity index is -0.0000000442. The Morgan fingerprint density at radius 2 is 0.583 bits per heavy atom. The first kappa shape index (κ1) is 38.1. The summed E-state index contributed by atoms with van der Waals surface area (Å²) in [6.07, 6.45) is 0. The summed E-state index contributed by atoms with van der Waals surface area (Å²) in [5, 5.41) is 67.2. The monoisotopic (exact) mass is 605 g/mol. The van der Waals surface area contributed by atoms with Gasteiger partial charge < -0.3 is 64.6 Å². The second-order valence-corrected chi connectivity index (χ2v) is 1.96. The van der Waals surface area contributed by atoms with Crippen molar-refractivity contribution in [2.45, 2.75) is 0 Å². The van der Waals surface area contributed by atoms with Crippen LogP contribution in [0.25, 0.3) is 0 Å². The number of hydrogen-bond acceptors (Lipinski definition) is 14. The smallest absolute Gasteiger partial charge is 0.543 e. The molecule has 0 radical (unpaired) electrons. The number of rotatable bonds is 0. The van der Waals surface area contributed by atoms with E-state index >= 15 is 0 Å². The number of carbonyl (C=O) groups excluding carboxylic acids is 6. The molecule has 18 heteroatoms. The molecule has 0 spiro atoms. The minimum Gasteiger partial charge on any atom is -0.543 e. The Morgan fingerprint density at radius 3 is 0.583 bits per heavy atom. The van der Waals surface area contributed by atoms with Gasteiger partial charge in [0.05, 0.1) is 35.8 Å². The first-order chi connectivity index (χ1) is 9.66. The molecule has 0 unspecified atom stereocenters. The molecule has 0 aromatic heterocycles. The summed E-state index contributed by atoms with van der Waals surface area (Å²) in [6.45, 7) is 0. The maximum Gasteiger partial charge on any atom is 3.00 e. The van der Waals surface area contributed by atoms with E-state index in [1.807, 2.05) is 0 Å². The van der Waals surface area contributed by atoms with E-state index in [9.17, 15) is 0 Å². The summed E-state index contributed by atoms with van der Waals surface area (Å²) in [6, 6.07) is 0. The zero-order valence-electron chi connectivity index (χ0n) is 10.8. The first-order valence-corrected chi connectivity index (χ1v) is 3.76. The predicted octanol–water partition coefficient (Wildman–Crippen LogP) is -10.9. The normalized spacial score (nSPS) is 6.50. The van der Waals surface area contributed by atoms with Crippen molar-refractivity contribution in [3.8, 4) is 0 Å². The minimum absolute atomic E-state index is 0. The third-order valence-corrected chi connectivity index (χ3v) is 0.500. The van der Waals surface area contributed by atoms with Crippen molar-refractivity contribution in [1.82, 2.24) is 0 Å². The van der Waals surface area contributed by atoms with E-state index < -0.39 is 40.9 Å². The van der Waals surface area contributed by atoms with Crippen LogP contribution in [0.2, 0.25) is 0 Å². The maximum atomic E-state index is 8.93. The molecule has 126 valence electrons. The van der Waals surface area contributed by atoms with Crippen LogP contribution in [0.3, 0.4) is 0 Å². The number of nitrogens with zero attached hydrogens (tertiary/aromatic N) is 1. The molecule has 0 amide bonds. The quantitative estimate of drug-likeness (QED) is 0.152. The van der Waals surface area contributed by atoms with Crippen molar-refractivity contribution < 1.29 is 141 Å². The molecule has 0 rings (SSSR count). The van der Waals surface area contributed by atoms with Crippen molar-refractivity contribution in [3.63, 3.8) is 0 Å². The van der Waals surface area contributed by atoms with Crippen molar-refractivity contribution in [3.05, 3.63) is 10.1 Å². The van der Waals surface area contributed by atoms with Crippen molar-refractivity contribution in [2.24, 2.45) is 0 Å². The molecule has 1 N–H and O–H groups in total. The number of hydrogen-bond donors (Lipinski definition) is 1. The van der Waals surface area contributed by atoms with Crippen molar-refractivity contribution in [2.75, 3.05) is 0 Å². The Bertz CT molecular complexity index is 362. The van der Waals surface area contributed by atoms with Crippen LogP contribution in [-0.2, 0) is 28.8 Å². The van der Waals surface area contributed by atoms with Gasteiger partial charge in [-0.3, -0.25) is 0 Å². The van der Waals surface area contributed by atoms with Crippen LogP contribution >= 0.6 is 0 Å². The van der Waals surface area contributed by atoms with Crippen LogP contribution in [0, 0.1) is 81.3 Å². The second-order valence-electron chi connectivity index (χ2n) is 1.96. The van der Waals surface area contributed by atoms with Gasteiger partial charge in [-0.15, -0.1) is 10.1 Å². The van der Waals surface area contributed by atoms with Gasteiger partial charge in [-0.25, -0.2) is 0 Å². The zero-order valence-corrected chi connectivity index (χ0v) is 18.0. The first-order valence-electron chi connectivity index (χ1n) is 3.76. The molecular formula is C6HLa2NO15. The van der Waals surface area contributed by atoms with E-state index in [2.05, 4.69) is 0 Å². The number of carboxylic acids is 6. The average molecular weight is 605 g/mol. The summed E-state index contributed by atoms with van der Waals surface area (Å²) >= 11 is 0. The Kier molecular flexibility index (Phi) is 37.6. The van der Waals surface area contributed by atoms with Crippen molar-refractivity contribution >= 4 is 35.8 Å². The molecule has 0 aliphatic rings. The van der Waals surface area contributed by atoms with Gasteiger partial charge in [-0.1, -0.05) is 0 Å². The SMILES string of the molecule is O=C([O-])C(=O)[O-].O=C([O-])C(=O)[O-].O=C([O-])C(=O)[O-].O=[N+]([O-])O.[La+3].[La+3]. The molecule has 0 bridgehead atoms. The summed E-state index contributed by atoms with van der Waals surface area (Å²) in [7, 11) is 0. The van der Waals surface area contributed by atoms with E-state index in [-0.39, 0.29) is 71.2 Å². The molecule has 0 aromatic rings. The maximum absolute atomic E-state index is 8.93. The zero-order chi connectivity index (χ0) is 19.0. The Hall–Kier alpha value is -1.59. The summed E-state index contributed by atoms with van der Waals surface area (Å²) in [5.41, 5.74) is 0. The number of aliphatic carboxylic acids is 6. The molecule has 0 aromatic carbocycles. The molecule has 0 aliphatic heterocycles. The van der Waals surface area contributed by atoms with E-state index in [1.54, 1.807) is 0 Å². The molecule has 0 saturated heterocycles. The molecule has 0 saturated carbocycles. The predicted molar refractivity (Wildman–Crippen MR) is 38.8 cm³/mol. The number of carbonyl (C=O) groups is 6. The topological polar surface area (TPSA) is 304 Å². The van der Waals surface area contributed by atoms with Gasteiger partial charge >= 0.3 is 71.2 Å². The summed E-state index contributed by atoms with van der Waals surface area (Å²) < 4.78 is 0. The third-order valence-electron chi connectivity index (χ3n) is 0.500. The van der Waals surface area contributed by atoms with Crippen LogP contribution in [-0.4, -0.2) is 46.1 Å². The van der Waals surface area contributed by atoms with Gasteiger partial charge in [-0.05, 0) is 0 Å². The fourth-order valence-electron chi connectivity index (χ4n) is 0. The molecule has 24 heavy (non-hydrogen) atoms. The van der Waals surface area contributed by atoms with E-state index in [1.165, 1.54) is 0 Å². The van der Waals surface area contributed by atoms with Gasteiger partial charge in [0.2, 0.25) is 0 Å². The van der Waals surface area contributed by atoms with Crippen LogP contribution in [0.1, 0.15) is 0 Å². The Morgan fingerprint density at radius 1 is 0.542 bits per heavy atom. The molecule has 0 aliphatic carbocycles. The van der Waals surface area contributed by atoms with E-state index in [4.69, 9.17) is 74.7 Å². The standard InChI is InChI=1S/3C2H2O4.2La.HNO3/c3*3-1(4)2(5)6;;;2-1(3)4/h3*(H,3,4)(H,5,6);;;(H,2,3,4)/q;;;2*+3;/p-6. The fraction of sp³-hybridized carbons (Fsp3) is 0. The van der Waals surface area contributed by atoms with Crippen LogP contribution in [0.5, 0.6) is 0 Å². The summed E-state index contributed by atoms with van der Waals surface area (Å²) in [5.74, 6) is -13.1. The molecule has 16 nitrogen and oxygen atoms in total. The summed E-state index contributed by atoms with van der Waals surface area (Å²) in [4.78, 5) is 61.9. The van der Waals surface area contributed by atoms with E-state index in [0.29, 0.717) is 0 Å². The Labute approximate surface area is 185 Å². The van der Waals surface area contributed by atoms with Gasteiger partial charge in [0.25, 0.3) is 5.09 Å². The third kappa shape index (κ3) is 71.0. The second kappa shape index (κ2) is 23.7. The molecule has 0 heterocycles. The van der Waals surface area contributed by atoms with Crippen LogP contribution in [0.4, 0.5) is 0 Å². The van der Waals surface area contributed by atoms with Gasteiger partial charge in [-0.2, -0.15) is 0 Å². The van der Waals surface area contributed by atoms with Gasteiger partial charge in [0, 0.05) is 0 Å². The van der Waals surface area contributed by atoms with Gasteiger partial charge in [0.1, 0.15) is 0 Å². The van der Waals surface area contributed by atoms with Crippen molar-refractivity contribution in [1.29, 1.82) is 0 Å². The number of carboxylic acid groups (broad SMARTS) is 6. The fourth-order valence-corrected chi connectivity index (χ4v) is 0. The molecule has 0 fully saturated rings. The van der Waals surface area contributed by atoms with Crippen LogP contribution < -0.4 is 30.6 Å². The minimum atomic E-state index is -2.19. The molecular weight excluding hydrogens is 604 g/mol. The van der Waals surface area contributed by atoms with Crippen LogP contribution in [0.15, 0.2) is 0 Å². The average Bonchev–Trinajstić information content (AvgIpc) is 2.29. The van der Waals surface area contributed by atoms with Gasteiger partial charge in [0.15, 0.2) is 0 Å². The largest absolute Gasteiger partial charge is 3.00 e.